The van der Waals surface area contributed by atoms with Gasteiger partial charge in [-0.05, 0) is 38.1 Å². The Morgan fingerprint density at radius 3 is 2.74 bits per heavy atom. The lowest BCUT2D eigenvalue weighted by Gasteiger charge is -2.12. The lowest BCUT2D eigenvalue weighted by molar-refractivity contribution is -0.117. The minimum absolute atomic E-state index is 0.0327. The van der Waals surface area contributed by atoms with Crippen molar-refractivity contribution in [2.45, 2.75) is 26.8 Å². The maximum absolute atomic E-state index is 13.1. The fourth-order valence-electron chi connectivity index (χ4n) is 3.87. The molecule has 1 aliphatic rings. The first-order chi connectivity index (χ1) is 16.8. The number of rotatable bonds is 6. The molecule has 0 amide bonds. The van der Waals surface area contributed by atoms with Crippen molar-refractivity contribution in [1.29, 1.82) is 0 Å². The molecule has 0 spiro atoms. The monoisotopic (exact) mass is 470 g/mol. The third kappa shape index (κ3) is 3.95. The van der Waals surface area contributed by atoms with Gasteiger partial charge in [-0.3, -0.25) is 24.0 Å². The van der Waals surface area contributed by atoms with Crippen molar-refractivity contribution in [2.75, 3.05) is 0 Å². The summed E-state index contributed by atoms with van der Waals surface area (Å²) in [7, 11) is 0. The van der Waals surface area contributed by atoms with Gasteiger partial charge in [0, 0.05) is 24.7 Å². The average molecular weight is 470 g/mol. The Bertz CT molecular complexity index is 1530. The SMILES string of the molecule is CC(=O)CCn1cc(-c2cccc(OC(=O)c3c(C)oc4c3C(=O)c3ncccc3C4=O)c2)nn1. The molecule has 0 atom stereocenters. The van der Waals surface area contributed by atoms with Gasteiger partial charge in [0.15, 0.2) is 5.76 Å². The highest BCUT2D eigenvalue weighted by molar-refractivity contribution is 6.29. The molecule has 5 rings (SSSR count). The molecular weight excluding hydrogens is 452 g/mol. The Balaban J connectivity index is 1.42. The molecule has 35 heavy (non-hydrogen) atoms. The number of ether oxygens (including phenoxy) is 1. The predicted molar refractivity (Wildman–Crippen MR) is 120 cm³/mol. The second kappa shape index (κ2) is 8.56. The van der Waals surface area contributed by atoms with Crippen LogP contribution in [0.5, 0.6) is 5.75 Å². The van der Waals surface area contributed by atoms with Gasteiger partial charge in [-0.2, -0.15) is 0 Å². The summed E-state index contributed by atoms with van der Waals surface area (Å²) in [6.45, 7) is 3.41. The summed E-state index contributed by atoms with van der Waals surface area (Å²) in [5.74, 6) is -1.78. The van der Waals surface area contributed by atoms with E-state index in [1.807, 2.05) is 0 Å². The zero-order valence-electron chi connectivity index (χ0n) is 18.8. The first-order valence-electron chi connectivity index (χ1n) is 10.7. The van der Waals surface area contributed by atoms with Gasteiger partial charge in [0.1, 0.15) is 34.2 Å². The standard InChI is InChI=1S/C25H18N4O6/c1-13(30)8-10-29-12-18(27-28-29)15-5-3-6-16(11-15)35-25(33)19-14(2)34-24-20(19)23(32)21-17(22(24)31)7-4-9-26-21/h3-7,9,11-12H,8,10H2,1-2H3. The molecule has 0 saturated heterocycles. The summed E-state index contributed by atoms with van der Waals surface area (Å²) in [5.41, 5.74) is 1.01. The number of aryl methyl sites for hydroxylation is 2. The first kappa shape index (κ1) is 22.1. The number of benzene rings is 1. The molecule has 1 aliphatic carbocycles. The summed E-state index contributed by atoms with van der Waals surface area (Å²) in [6.07, 6.45) is 3.44. The Morgan fingerprint density at radius 2 is 1.94 bits per heavy atom. The van der Waals surface area contributed by atoms with Crippen molar-refractivity contribution in [3.05, 3.63) is 82.7 Å². The Hall–Kier alpha value is -4.73. The van der Waals surface area contributed by atoms with Crippen LogP contribution in [-0.2, 0) is 11.3 Å². The van der Waals surface area contributed by atoms with E-state index in [0.717, 1.165) is 0 Å². The summed E-state index contributed by atoms with van der Waals surface area (Å²) >= 11 is 0. The number of carbonyl (C=O) groups excluding carboxylic acids is 4. The minimum atomic E-state index is -0.838. The average Bonchev–Trinajstić information content (AvgIpc) is 3.46. The molecule has 1 aromatic carbocycles. The maximum Gasteiger partial charge on any atom is 0.347 e. The number of hydrogen-bond acceptors (Lipinski definition) is 9. The molecule has 0 fully saturated rings. The van der Waals surface area contributed by atoms with E-state index in [2.05, 4.69) is 15.3 Å². The van der Waals surface area contributed by atoms with E-state index in [0.29, 0.717) is 24.2 Å². The van der Waals surface area contributed by atoms with Gasteiger partial charge >= 0.3 is 5.97 Å². The molecule has 174 valence electrons. The van der Waals surface area contributed by atoms with E-state index >= 15 is 0 Å². The highest BCUT2D eigenvalue weighted by Crippen LogP contribution is 2.33. The molecule has 0 aliphatic heterocycles. The molecule has 0 saturated carbocycles. The van der Waals surface area contributed by atoms with Gasteiger partial charge in [-0.15, -0.1) is 5.10 Å². The Labute approximate surface area is 198 Å². The highest BCUT2D eigenvalue weighted by Gasteiger charge is 2.39. The molecule has 0 bridgehead atoms. The number of fused-ring (bicyclic) bond motifs is 2. The van der Waals surface area contributed by atoms with Crippen LogP contribution >= 0.6 is 0 Å². The quantitative estimate of drug-likeness (QED) is 0.271. The predicted octanol–water partition coefficient (Wildman–Crippen LogP) is 3.22. The molecule has 0 radical (unpaired) electrons. The van der Waals surface area contributed by atoms with Gasteiger partial charge in [-0.1, -0.05) is 17.3 Å². The van der Waals surface area contributed by atoms with E-state index in [9.17, 15) is 19.2 Å². The van der Waals surface area contributed by atoms with E-state index in [1.54, 1.807) is 41.2 Å². The zero-order chi connectivity index (χ0) is 24.7. The number of ketones is 3. The largest absolute Gasteiger partial charge is 0.456 e. The minimum Gasteiger partial charge on any atom is -0.456 e. The van der Waals surface area contributed by atoms with Crippen molar-refractivity contribution in [3.8, 4) is 17.0 Å². The molecule has 10 nitrogen and oxygen atoms in total. The third-order valence-electron chi connectivity index (χ3n) is 5.56. The van der Waals surface area contributed by atoms with Crippen LogP contribution in [0.25, 0.3) is 11.3 Å². The van der Waals surface area contributed by atoms with Crippen LogP contribution in [0.2, 0.25) is 0 Å². The van der Waals surface area contributed by atoms with Crippen molar-refractivity contribution in [3.63, 3.8) is 0 Å². The molecule has 0 N–H and O–H groups in total. The van der Waals surface area contributed by atoms with Gasteiger partial charge in [-0.25, -0.2) is 4.79 Å². The smallest absolute Gasteiger partial charge is 0.347 e. The fourth-order valence-corrected chi connectivity index (χ4v) is 3.87. The number of hydrogen-bond donors (Lipinski definition) is 0. The van der Waals surface area contributed by atoms with E-state index in [4.69, 9.17) is 9.15 Å². The summed E-state index contributed by atoms with van der Waals surface area (Å²) in [4.78, 5) is 54.2. The van der Waals surface area contributed by atoms with Crippen molar-refractivity contribution in [1.82, 2.24) is 20.0 Å². The summed E-state index contributed by atoms with van der Waals surface area (Å²) < 4.78 is 12.6. The van der Waals surface area contributed by atoms with Gasteiger partial charge in [0.05, 0.1) is 17.3 Å². The number of aromatic nitrogens is 4. The molecule has 10 heteroatoms. The Kier molecular flexibility index (Phi) is 5.40. The number of nitrogens with zero attached hydrogens (tertiary/aromatic N) is 4. The second-order valence-electron chi connectivity index (χ2n) is 8.03. The van der Waals surface area contributed by atoms with Gasteiger partial charge in [0.2, 0.25) is 11.6 Å². The van der Waals surface area contributed by atoms with Crippen LogP contribution in [0.3, 0.4) is 0 Å². The molecule has 0 unspecified atom stereocenters. The highest BCUT2D eigenvalue weighted by atomic mass is 16.5. The topological polar surface area (TPSA) is 134 Å². The molecule has 4 aromatic rings. The number of Topliss-reactive ketones (excluding diaryl/α,β-unsaturated/α-hetero) is 1. The van der Waals surface area contributed by atoms with Crippen molar-refractivity contribution >= 4 is 23.3 Å². The lowest BCUT2D eigenvalue weighted by Crippen LogP contribution is -2.23. The van der Waals surface area contributed by atoms with Crippen LogP contribution in [0, 0.1) is 6.92 Å². The van der Waals surface area contributed by atoms with Crippen molar-refractivity contribution in [2.24, 2.45) is 0 Å². The lowest BCUT2D eigenvalue weighted by atomic mass is 9.90. The summed E-state index contributed by atoms with van der Waals surface area (Å²) in [5, 5.41) is 8.11. The second-order valence-corrected chi connectivity index (χ2v) is 8.03. The normalized spacial score (nSPS) is 12.3. The van der Waals surface area contributed by atoms with Crippen molar-refractivity contribution < 1.29 is 28.3 Å². The fraction of sp³-hybridized carbons (Fsp3) is 0.160. The zero-order valence-corrected chi connectivity index (χ0v) is 18.8. The molecule has 3 aromatic heterocycles. The number of carbonyl (C=O) groups is 4. The number of pyridine rings is 1. The van der Waals surface area contributed by atoms with Crippen LogP contribution in [0.15, 0.2) is 53.2 Å². The van der Waals surface area contributed by atoms with Gasteiger partial charge in [0.25, 0.3) is 0 Å². The first-order valence-corrected chi connectivity index (χ1v) is 10.7. The van der Waals surface area contributed by atoms with Gasteiger partial charge < -0.3 is 9.15 Å². The maximum atomic E-state index is 13.1. The van der Waals surface area contributed by atoms with Crippen LogP contribution < -0.4 is 4.74 Å². The third-order valence-corrected chi connectivity index (χ3v) is 5.56. The van der Waals surface area contributed by atoms with E-state index in [-0.39, 0.29) is 45.4 Å². The number of furan rings is 1. The summed E-state index contributed by atoms with van der Waals surface area (Å²) in [6, 6.07) is 9.67. The van der Waals surface area contributed by atoms with E-state index < -0.39 is 17.5 Å². The van der Waals surface area contributed by atoms with Crippen LogP contribution in [0.4, 0.5) is 0 Å². The van der Waals surface area contributed by atoms with Crippen LogP contribution in [-0.4, -0.2) is 43.3 Å². The Morgan fingerprint density at radius 1 is 1.11 bits per heavy atom. The number of esters is 1. The molecular formula is C25H18N4O6. The molecule has 3 heterocycles. The van der Waals surface area contributed by atoms with Crippen LogP contribution in [0.1, 0.15) is 61.6 Å². The van der Waals surface area contributed by atoms with E-state index in [1.165, 1.54) is 26.1 Å².